The molecule has 0 saturated heterocycles. The second-order valence-corrected chi connectivity index (χ2v) is 3.74. The number of alkyl halides is 12. The Morgan fingerprint density at radius 2 is 1.25 bits per heavy atom. The Morgan fingerprint density at radius 3 is 1.55 bits per heavy atom. The van der Waals surface area contributed by atoms with Gasteiger partial charge < -0.3 is 4.74 Å². The molecule has 0 bridgehead atoms. The zero-order chi connectivity index (χ0) is 16.6. The van der Waals surface area contributed by atoms with E-state index in [1.807, 2.05) is 0 Å². The summed E-state index contributed by atoms with van der Waals surface area (Å²) in [5.74, 6) is -19.4. The molecule has 1 unspecified atom stereocenters. The summed E-state index contributed by atoms with van der Waals surface area (Å²) in [4.78, 5) is 0. The molecule has 0 heterocycles. The summed E-state index contributed by atoms with van der Waals surface area (Å²) in [6.45, 7) is -3.16. The van der Waals surface area contributed by atoms with Crippen molar-refractivity contribution in [1.82, 2.24) is 0 Å². The second-order valence-electron chi connectivity index (χ2n) is 3.35. The number of hydrogen-bond donors (Lipinski definition) is 0. The fraction of sp³-hybridized carbons (Fsp3) is 1.00. The van der Waals surface area contributed by atoms with Crippen LogP contribution in [0.5, 0.6) is 0 Å². The summed E-state index contributed by atoms with van der Waals surface area (Å²) in [6.07, 6.45) is -10.4. The van der Waals surface area contributed by atoms with Crippen molar-refractivity contribution in [3.05, 3.63) is 0 Å². The van der Waals surface area contributed by atoms with Crippen molar-refractivity contribution in [3.63, 3.8) is 0 Å². The van der Waals surface area contributed by atoms with E-state index < -0.39 is 42.5 Å². The van der Waals surface area contributed by atoms with Gasteiger partial charge in [-0.05, 0) is 0 Å². The van der Waals surface area contributed by atoms with Crippen LogP contribution in [-0.4, -0.2) is 42.5 Å². The van der Waals surface area contributed by atoms with Gasteiger partial charge >= 0.3 is 30.3 Å². The molecule has 0 aromatic rings. The van der Waals surface area contributed by atoms with Crippen LogP contribution in [-0.2, 0) is 4.74 Å². The van der Waals surface area contributed by atoms with Crippen LogP contribution in [0.2, 0.25) is 0 Å². The van der Waals surface area contributed by atoms with E-state index in [9.17, 15) is 48.3 Å². The maximum absolute atomic E-state index is 12.7. The van der Waals surface area contributed by atoms with Gasteiger partial charge in [-0.1, -0.05) is 11.6 Å². The SMILES string of the molecule is FC(Cl)C(F)(F)OCC(F)(F)C(F)(F)C(F)(F)C(F)F. The highest BCUT2D eigenvalue weighted by molar-refractivity contribution is 6.20. The van der Waals surface area contributed by atoms with Crippen LogP contribution in [0.4, 0.5) is 48.3 Å². The third-order valence-electron chi connectivity index (χ3n) is 1.85. The fourth-order valence-electron chi connectivity index (χ4n) is 0.721. The standard InChI is InChI=1S/C7H4ClF11O/c8-2(9)6(16,17)20-1-4(12,13)7(18,19)5(14,15)3(10)11/h2-3H,1H2. The first-order chi connectivity index (χ1) is 8.59. The Kier molecular flexibility index (Phi) is 5.55. The molecular formula is C7H4ClF11O. The number of hydrogen-bond acceptors (Lipinski definition) is 1. The average molecular weight is 349 g/mol. The molecular weight excluding hydrogens is 345 g/mol. The number of ether oxygens (including phenoxy) is 1. The second kappa shape index (κ2) is 5.70. The highest BCUT2D eigenvalue weighted by Gasteiger charge is 2.75. The van der Waals surface area contributed by atoms with Crippen LogP contribution >= 0.6 is 11.6 Å². The highest BCUT2D eigenvalue weighted by atomic mass is 35.5. The van der Waals surface area contributed by atoms with Gasteiger partial charge in [0.15, 0.2) is 0 Å². The quantitative estimate of drug-likeness (QED) is 0.492. The first-order valence-electron chi connectivity index (χ1n) is 4.31. The monoisotopic (exact) mass is 348 g/mol. The Hall–Kier alpha value is -0.520. The first kappa shape index (κ1) is 19.5. The molecule has 1 atom stereocenters. The van der Waals surface area contributed by atoms with E-state index in [4.69, 9.17) is 0 Å². The Labute approximate surface area is 108 Å². The third-order valence-corrected chi connectivity index (χ3v) is 2.11. The molecule has 0 aromatic carbocycles. The lowest BCUT2D eigenvalue weighted by molar-refractivity contribution is -0.365. The zero-order valence-corrected chi connectivity index (χ0v) is 9.56. The van der Waals surface area contributed by atoms with Gasteiger partial charge in [-0.3, -0.25) is 0 Å². The number of halogens is 12. The highest BCUT2D eigenvalue weighted by Crippen LogP contribution is 2.49. The molecule has 0 spiro atoms. The predicted molar refractivity (Wildman–Crippen MR) is 42.5 cm³/mol. The molecule has 0 amide bonds. The van der Waals surface area contributed by atoms with Gasteiger partial charge in [0, 0.05) is 0 Å². The Bertz CT molecular complexity index is 329. The Balaban J connectivity index is 5.14. The van der Waals surface area contributed by atoms with Gasteiger partial charge in [0.25, 0.3) is 5.63 Å². The predicted octanol–water partition coefficient (Wildman–Crippen LogP) is 4.30. The van der Waals surface area contributed by atoms with Crippen molar-refractivity contribution in [1.29, 1.82) is 0 Å². The van der Waals surface area contributed by atoms with Crippen LogP contribution in [0.1, 0.15) is 0 Å². The van der Waals surface area contributed by atoms with Gasteiger partial charge in [-0.15, -0.1) is 0 Å². The van der Waals surface area contributed by atoms with Crippen molar-refractivity contribution in [2.75, 3.05) is 6.61 Å². The van der Waals surface area contributed by atoms with Crippen LogP contribution in [0.15, 0.2) is 0 Å². The lowest BCUT2D eigenvalue weighted by Crippen LogP contribution is -2.59. The Morgan fingerprint density at radius 1 is 0.850 bits per heavy atom. The molecule has 0 N–H and O–H groups in total. The minimum atomic E-state index is -6.72. The summed E-state index contributed by atoms with van der Waals surface area (Å²) in [6, 6.07) is 0. The van der Waals surface area contributed by atoms with E-state index in [1.165, 1.54) is 0 Å². The molecule has 0 fully saturated rings. The molecule has 0 saturated carbocycles. The minimum Gasteiger partial charge on any atom is -0.311 e. The summed E-state index contributed by atoms with van der Waals surface area (Å²) in [5, 5.41) is 0. The van der Waals surface area contributed by atoms with Gasteiger partial charge in [0.2, 0.25) is 0 Å². The lowest BCUT2D eigenvalue weighted by Gasteiger charge is -2.32. The van der Waals surface area contributed by atoms with E-state index in [0.29, 0.717) is 0 Å². The van der Waals surface area contributed by atoms with Crippen molar-refractivity contribution in [2.24, 2.45) is 0 Å². The molecule has 13 heteroatoms. The van der Waals surface area contributed by atoms with Crippen molar-refractivity contribution in [3.8, 4) is 0 Å². The summed E-state index contributed by atoms with van der Waals surface area (Å²) < 4.78 is 137. The van der Waals surface area contributed by atoms with Gasteiger partial charge in [-0.2, -0.15) is 35.1 Å². The summed E-state index contributed by atoms with van der Waals surface area (Å²) in [5.41, 5.74) is -3.75. The van der Waals surface area contributed by atoms with E-state index in [1.54, 1.807) is 0 Å². The largest absolute Gasteiger partial charge is 0.401 e. The van der Waals surface area contributed by atoms with Crippen LogP contribution in [0.3, 0.4) is 0 Å². The number of rotatable bonds is 7. The molecule has 0 rings (SSSR count). The molecule has 0 aromatic heterocycles. The fourth-order valence-corrected chi connectivity index (χ4v) is 0.784. The van der Waals surface area contributed by atoms with Crippen LogP contribution in [0, 0.1) is 0 Å². The topological polar surface area (TPSA) is 9.23 Å². The van der Waals surface area contributed by atoms with Gasteiger partial charge in [0.05, 0.1) is 0 Å². The molecule has 1 nitrogen and oxygen atoms in total. The van der Waals surface area contributed by atoms with Crippen LogP contribution < -0.4 is 0 Å². The maximum Gasteiger partial charge on any atom is 0.401 e. The minimum absolute atomic E-state index is 2.67. The van der Waals surface area contributed by atoms with E-state index in [-0.39, 0.29) is 0 Å². The first-order valence-corrected chi connectivity index (χ1v) is 4.74. The smallest absolute Gasteiger partial charge is 0.311 e. The summed E-state index contributed by atoms with van der Waals surface area (Å²) in [7, 11) is 0. The average Bonchev–Trinajstić information content (AvgIpc) is 2.25. The third kappa shape index (κ3) is 3.57. The molecule has 0 radical (unpaired) electrons. The molecule has 0 aliphatic heterocycles. The van der Waals surface area contributed by atoms with Crippen LogP contribution in [0.25, 0.3) is 0 Å². The molecule has 0 aliphatic carbocycles. The zero-order valence-electron chi connectivity index (χ0n) is 8.81. The van der Waals surface area contributed by atoms with Crippen molar-refractivity contribution < 1.29 is 53.0 Å². The molecule has 122 valence electrons. The van der Waals surface area contributed by atoms with E-state index in [2.05, 4.69) is 16.3 Å². The van der Waals surface area contributed by atoms with E-state index in [0.717, 1.165) is 0 Å². The maximum atomic E-state index is 12.7. The van der Waals surface area contributed by atoms with Gasteiger partial charge in [-0.25, -0.2) is 13.2 Å². The molecule has 0 aliphatic rings. The molecule has 20 heavy (non-hydrogen) atoms. The van der Waals surface area contributed by atoms with Gasteiger partial charge in [0.1, 0.15) is 6.61 Å². The van der Waals surface area contributed by atoms with Crippen molar-refractivity contribution >= 4 is 11.6 Å². The van der Waals surface area contributed by atoms with Crippen molar-refractivity contribution in [2.45, 2.75) is 35.9 Å². The normalized spacial score (nSPS) is 16.6. The van der Waals surface area contributed by atoms with E-state index >= 15 is 0 Å². The lowest BCUT2D eigenvalue weighted by atomic mass is 10.1. The summed E-state index contributed by atoms with van der Waals surface area (Å²) >= 11 is 4.11.